The Morgan fingerprint density at radius 3 is 2.62 bits per heavy atom. The fourth-order valence-electron chi connectivity index (χ4n) is 3.63. The number of benzene rings is 1. The summed E-state index contributed by atoms with van der Waals surface area (Å²) in [6.45, 7) is 3.23. The van der Waals surface area contributed by atoms with E-state index in [4.69, 9.17) is 4.74 Å². The SMILES string of the molecule is CCOC(=O)c1ccccc1NC(=O)Cn1c(=O)n(C)c(=O)c2sc(N3CCCC3)nc21. The quantitative estimate of drug-likeness (QED) is 0.559. The summed E-state index contributed by atoms with van der Waals surface area (Å²) in [7, 11) is 1.38. The molecular weight excluding hydrogens is 434 g/mol. The first-order valence-electron chi connectivity index (χ1n) is 10.3. The maximum absolute atomic E-state index is 12.8. The third-order valence-corrected chi connectivity index (χ3v) is 6.34. The first kappa shape index (κ1) is 21.8. The smallest absolute Gasteiger partial charge is 0.340 e. The van der Waals surface area contributed by atoms with E-state index >= 15 is 0 Å². The number of para-hydroxylation sites is 1. The number of fused-ring (bicyclic) bond motifs is 1. The number of carbonyl (C=O) groups is 2. The van der Waals surface area contributed by atoms with E-state index in [0.717, 1.165) is 30.5 Å². The van der Waals surface area contributed by atoms with Gasteiger partial charge in [-0.1, -0.05) is 23.5 Å². The number of thiazole rings is 1. The molecule has 0 radical (unpaired) electrons. The van der Waals surface area contributed by atoms with Gasteiger partial charge in [0.1, 0.15) is 11.2 Å². The van der Waals surface area contributed by atoms with E-state index in [1.807, 2.05) is 0 Å². The zero-order chi connectivity index (χ0) is 22.8. The second-order valence-corrected chi connectivity index (χ2v) is 8.37. The first-order valence-corrected chi connectivity index (χ1v) is 11.1. The molecule has 0 spiro atoms. The van der Waals surface area contributed by atoms with Gasteiger partial charge in [0.2, 0.25) is 5.91 Å². The Kier molecular flexibility index (Phi) is 6.08. The Bertz CT molecular complexity index is 1300. The van der Waals surface area contributed by atoms with E-state index in [9.17, 15) is 19.2 Å². The molecule has 2 aromatic heterocycles. The molecule has 1 aliphatic rings. The summed E-state index contributed by atoms with van der Waals surface area (Å²) in [6, 6.07) is 6.47. The lowest BCUT2D eigenvalue weighted by atomic mass is 10.2. The molecule has 11 heteroatoms. The van der Waals surface area contributed by atoms with Gasteiger partial charge in [-0.05, 0) is 31.9 Å². The van der Waals surface area contributed by atoms with Crippen molar-refractivity contribution in [1.29, 1.82) is 0 Å². The van der Waals surface area contributed by atoms with Crippen LogP contribution in [0.1, 0.15) is 30.1 Å². The van der Waals surface area contributed by atoms with E-state index in [0.29, 0.717) is 9.83 Å². The summed E-state index contributed by atoms with van der Waals surface area (Å²) in [5.41, 5.74) is -0.377. The Morgan fingerprint density at radius 1 is 1.19 bits per heavy atom. The summed E-state index contributed by atoms with van der Waals surface area (Å²) in [5.74, 6) is -1.08. The highest BCUT2D eigenvalue weighted by Gasteiger charge is 2.22. The fraction of sp³-hybridized carbons (Fsp3) is 0.381. The molecule has 1 saturated heterocycles. The number of carbonyl (C=O) groups excluding carboxylic acids is 2. The van der Waals surface area contributed by atoms with Crippen LogP contribution in [0, 0.1) is 0 Å². The van der Waals surface area contributed by atoms with Gasteiger partial charge in [-0.15, -0.1) is 0 Å². The number of nitrogens with zero attached hydrogens (tertiary/aromatic N) is 4. The van der Waals surface area contributed by atoms with Crippen molar-refractivity contribution in [2.24, 2.45) is 7.05 Å². The number of esters is 1. The molecule has 0 atom stereocenters. The van der Waals surface area contributed by atoms with Crippen molar-refractivity contribution < 1.29 is 14.3 Å². The number of amides is 1. The summed E-state index contributed by atoms with van der Waals surface area (Å²) in [6.07, 6.45) is 2.09. The largest absolute Gasteiger partial charge is 0.462 e. The maximum atomic E-state index is 12.8. The Morgan fingerprint density at radius 2 is 1.91 bits per heavy atom. The highest BCUT2D eigenvalue weighted by atomic mass is 32.1. The number of hydrogen-bond acceptors (Lipinski definition) is 8. The van der Waals surface area contributed by atoms with Gasteiger partial charge in [-0.3, -0.25) is 18.7 Å². The molecule has 1 aromatic carbocycles. The summed E-state index contributed by atoms with van der Waals surface area (Å²) in [5, 5.41) is 3.33. The van der Waals surface area contributed by atoms with Crippen LogP contribution in [-0.2, 0) is 23.1 Å². The maximum Gasteiger partial charge on any atom is 0.340 e. The fourth-order valence-corrected chi connectivity index (χ4v) is 4.73. The molecule has 3 heterocycles. The third kappa shape index (κ3) is 4.03. The minimum absolute atomic E-state index is 0.193. The first-order chi connectivity index (χ1) is 15.4. The van der Waals surface area contributed by atoms with Crippen molar-refractivity contribution >= 4 is 44.4 Å². The van der Waals surface area contributed by atoms with Gasteiger partial charge in [0.05, 0.1) is 17.9 Å². The van der Waals surface area contributed by atoms with Crippen molar-refractivity contribution in [3.8, 4) is 0 Å². The average Bonchev–Trinajstić information content (AvgIpc) is 3.46. The molecule has 1 aliphatic heterocycles. The van der Waals surface area contributed by atoms with Crippen molar-refractivity contribution in [1.82, 2.24) is 14.1 Å². The molecule has 1 amide bonds. The molecule has 0 saturated carbocycles. The number of hydrogen-bond donors (Lipinski definition) is 1. The molecule has 4 rings (SSSR count). The van der Waals surface area contributed by atoms with E-state index < -0.39 is 23.1 Å². The summed E-state index contributed by atoms with van der Waals surface area (Å²) >= 11 is 1.23. The second kappa shape index (κ2) is 8.95. The van der Waals surface area contributed by atoms with Crippen molar-refractivity contribution in [2.75, 3.05) is 29.9 Å². The number of ether oxygens (including phenoxy) is 1. The van der Waals surface area contributed by atoms with Crippen molar-refractivity contribution in [3.63, 3.8) is 0 Å². The number of rotatable bonds is 6. The van der Waals surface area contributed by atoms with E-state index in [1.165, 1.54) is 23.0 Å². The zero-order valence-electron chi connectivity index (χ0n) is 17.8. The lowest BCUT2D eigenvalue weighted by molar-refractivity contribution is -0.116. The number of aromatic nitrogens is 3. The highest BCUT2D eigenvalue weighted by molar-refractivity contribution is 7.22. The van der Waals surface area contributed by atoms with Crippen LogP contribution in [0.3, 0.4) is 0 Å². The van der Waals surface area contributed by atoms with Crippen LogP contribution in [0.5, 0.6) is 0 Å². The summed E-state index contributed by atoms with van der Waals surface area (Å²) in [4.78, 5) is 57.0. The summed E-state index contributed by atoms with van der Waals surface area (Å²) < 4.78 is 7.53. The molecule has 1 fully saturated rings. The number of nitrogens with one attached hydrogen (secondary N) is 1. The molecule has 3 aromatic rings. The molecule has 0 aliphatic carbocycles. The van der Waals surface area contributed by atoms with Gasteiger partial charge >= 0.3 is 11.7 Å². The van der Waals surface area contributed by atoms with Gasteiger partial charge in [-0.25, -0.2) is 14.6 Å². The van der Waals surface area contributed by atoms with E-state index in [2.05, 4.69) is 15.2 Å². The Hall–Kier alpha value is -3.47. The lowest BCUT2D eigenvalue weighted by Gasteiger charge is -2.12. The predicted octanol–water partition coefficient (Wildman–Crippen LogP) is 1.57. The van der Waals surface area contributed by atoms with Crippen LogP contribution in [0.2, 0.25) is 0 Å². The van der Waals surface area contributed by atoms with Gasteiger partial charge in [-0.2, -0.15) is 0 Å². The molecule has 32 heavy (non-hydrogen) atoms. The normalized spacial score (nSPS) is 13.5. The Labute approximate surface area is 187 Å². The van der Waals surface area contributed by atoms with Crippen LogP contribution in [0.25, 0.3) is 10.3 Å². The molecule has 1 N–H and O–H groups in total. The second-order valence-electron chi connectivity index (χ2n) is 7.39. The standard InChI is InChI=1S/C21H23N5O5S/c1-3-31-19(29)13-8-4-5-9-14(13)22-15(27)12-26-17-16(18(28)24(2)21(26)30)32-20(23-17)25-10-6-7-11-25/h4-5,8-9H,3,6-7,10-12H2,1-2H3,(H,22,27). The minimum atomic E-state index is -0.630. The Balaban J connectivity index is 1.67. The van der Waals surface area contributed by atoms with Crippen molar-refractivity contribution in [3.05, 3.63) is 50.7 Å². The van der Waals surface area contributed by atoms with Crippen LogP contribution >= 0.6 is 11.3 Å². The van der Waals surface area contributed by atoms with Crippen LogP contribution < -0.4 is 21.5 Å². The van der Waals surface area contributed by atoms with Gasteiger partial charge in [0, 0.05) is 20.1 Å². The third-order valence-electron chi connectivity index (χ3n) is 5.25. The van der Waals surface area contributed by atoms with Gasteiger partial charge in [0.15, 0.2) is 10.8 Å². The topological polar surface area (TPSA) is 116 Å². The molecular formula is C21H23N5O5S. The molecule has 0 bridgehead atoms. The lowest BCUT2D eigenvalue weighted by Crippen LogP contribution is -2.40. The highest BCUT2D eigenvalue weighted by Crippen LogP contribution is 2.28. The van der Waals surface area contributed by atoms with Gasteiger partial charge in [0.25, 0.3) is 5.56 Å². The monoisotopic (exact) mass is 457 g/mol. The van der Waals surface area contributed by atoms with E-state index in [1.54, 1.807) is 31.2 Å². The van der Waals surface area contributed by atoms with Crippen molar-refractivity contribution in [2.45, 2.75) is 26.3 Å². The molecule has 168 valence electrons. The van der Waals surface area contributed by atoms with E-state index in [-0.39, 0.29) is 30.0 Å². The van der Waals surface area contributed by atoms with Crippen LogP contribution in [-0.4, -0.2) is 45.7 Å². The molecule has 0 unspecified atom stereocenters. The predicted molar refractivity (Wildman–Crippen MR) is 122 cm³/mol. The number of anilines is 2. The van der Waals surface area contributed by atoms with Gasteiger partial charge < -0.3 is 15.0 Å². The zero-order valence-corrected chi connectivity index (χ0v) is 18.6. The average molecular weight is 458 g/mol. The van der Waals surface area contributed by atoms with Crippen LogP contribution in [0.15, 0.2) is 33.9 Å². The minimum Gasteiger partial charge on any atom is -0.462 e. The molecule has 10 nitrogen and oxygen atoms in total. The van der Waals surface area contributed by atoms with Crippen LogP contribution in [0.4, 0.5) is 10.8 Å².